The first-order valence-corrected chi connectivity index (χ1v) is 5.70. The summed E-state index contributed by atoms with van der Waals surface area (Å²) in [4.78, 5) is 0. The summed E-state index contributed by atoms with van der Waals surface area (Å²) < 4.78 is 0. The van der Waals surface area contributed by atoms with Gasteiger partial charge >= 0.3 is 0 Å². The fraction of sp³-hybridized carbons (Fsp3) is 0.538. The maximum Gasteiger partial charge on any atom is 0.118 e. The van der Waals surface area contributed by atoms with Crippen molar-refractivity contribution in [2.75, 3.05) is 11.9 Å². The Balaban J connectivity index is 2.54. The van der Waals surface area contributed by atoms with E-state index < -0.39 is 0 Å². The molecule has 0 aliphatic heterocycles. The lowest BCUT2D eigenvalue weighted by Gasteiger charge is -2.14. The van der Waals surface area contributed by atoms with Gasteiger partial charge in [0.05, 0.1) is 0 Å². The van der Waals surface area contributed by atoms with Crippen LogP contribution in [0.15, 0.2) is 18.2 Å². The highest BCUT2D eigenvalue weighted by Crippen LogP contribution is 2.20. The van der Waals surface area contributed by atoms with Gasteiger partial charge in [0.15, 0.2) is 0 Å². The molecule has 0 atom stereocenters. The van der Waals surface area contributed by atoms with E-state index in [-0.39, 0.29) is 0 Å². The summed E-state index contributed by atoms with van der Waals surface area (Å²) in [6.45, 7) is 7.37. The van der Waals surface area contributed by atoms with Gasteiger partial charge in [-0.05, 0) is 36.6 Å². The van der Waals surface area contributed by atoms with Crippen LogP contribution in [0.2, 0.25) is 0 Å². The van der Waals surface area contributed by atoms with E-state index >= 15 is 0 Å². The minimum Gasteiger partial charge on any atom is -0.508 e. The van der Waals surface area contributed by atoms with Crippen molar-refractivity contribution in [2.24, 2.45) is 5.92 Å². The van der Waals surface area contributed by atoms with E-state index in [4.69, 9.17) is 0 Å². The van der Waals surface area contributed by atoms with E-state index in [9.17, 15) is 5.11 Å². The highest BCUT2D eigenvalue weighted by molar-refractivity contribution is 5.50. The van der Waals surface area contributed by atoms with Crippen LogP contribution in [-0.2, 0) is 0 Å². The lowest BCUT2D eigenvalue weighted by Crippen LogP contribution is -2.12. The smallest absolute Gasteiger partial charge is 0.118 e. The normalized spacial score (nSPS) is 10.7. The zero-order valence-electron chi connectivity index (χ0n) is 9.88. The Morgan fingerprint density at radius 1 is 1.27 bits per heavy atom. The van der Waals surface area contributed by atoms with Gasteiger partial charge in [-0.25, -0.2) is 0 Å². The molecule has 1 rings (SSSR count). The second-order valence-corrected chi connectivity index (χ2v) is 4.06. The topological polar surface area (TPSA) is 32.3 Å². The first kappa shape index (κ1) is 11.9. The van der Waals surface area contributed by atoms with Crippen LogP contribution in [0.3, 0.4) is 0 Å². The Hall–Kier alpha value is -1.18. The van der Waals surface area contributed by atoms with Crippen molar-refractivity contribution in [3.63, 3.8) is 0 Å². The summed E-state index contributed by atoms with van der Waals surface area (Å²) in [5.41, 5.74) is 2.02. The Morgan fingerprint density at radius 2 is 1.93 bits per heavy atom. The largest absolute Gasteiger partial charge is 0.508 e. The predicted molar refractivity (Wildman–Crippen MR) is 65.4 cm³/mol. The number of hydrogen-bond acceptors (Lipinski definition) is 2. The van der Waals surface area contributed by atoms with Gasteiger partial charge < -0.3 is 10.4 Å². The molecule has 0 aliphatic rings. The molecule has 0 saturated carbocycles. The van der Waals surface area contributed by atoms with Crippen molar-refractivity contribution >= 4 is 5.69 Å². The van der Waals surface area contributed by atoms with Crippen LogP contribution in [0, 0.1) is 12.8 Å². The fourth-order valence-electron chi connectivity index (χ4n) is 1.60. The second-order valence-electron chi connectivity index (χ2n) is 4.06. The zero-order chi connectivity index (χ0) is 11.3. The number of anilines is 1. The van der Waals surface area contributed by atoms with Gasteiger partial charge in [-0.2, -0.15) is 0 Å². The third kappa shape index (κ3) is 3.46. The van der Waals surface area contributed by atoms with Crippen LogP contribution < -0.4 is 5.32 Å². The molecule has 0 heterocycles. The number of hydrogen-bond donors (Lipinski definition) is 2. The van der Waals surface area contributed by atoms with Gasteiger partial charge in [0.25, 0.3) is 0 Å². The molecule has 2 heteroatoms. The number of aromatic hydroxyl groups is 1. The SMILES string of the molecule is CCC(CC)CNc1ccc(O)c(C)c1. The van der Waals surface area contributed by atoms with Gasteiger partial charge in [0, 0.05) is 12.2 Å². The molecule has 2 N–H and O–H groups in total. The van der Waals surface area contributed by atoms with Gasteiger partial charge in [-0.3, -0.25) is 0 Å². The highest BCUT2D eigenvalue weighted by Gasteiger charge is 2.03. The van der Waals surface area contributed by atoms with Crippen molar-refractivity contribution < 1.29 is 5.11 Å². The Kier molecular flexibility index (Phi) is 4.47. The molecular formula is C13H21NO. The number of nitrogens with one attached hydrogen (secondary N) is 1. The molecule has 0 radical (unpaired) electrons. The average Bonchev–Trinajstić information content (AvgIpc) is 2.24. The van der Waals surface area contributed by atoms with Crippen molar-refractivity contribution in [2.45, 2.75) is 33.6 Å². The van der Waals surface area contributed by atoms with Crippen molar-refractivity contribution in [1.29, 1.82) is 0 Å². The number of phenolic OH excluding ortho intramolecular Hbond substituents is 1. The summed E-state index contributed by atoms with van der Waals surface area (Å²) in [7, 11) is 0. The predicted octanol–water partition coefficient (Wildman–Crippen LogP) is 3.55. The third-order valence-corrected chi connectivity index (χ3v) is 2.95. The minimum absolute atomic E-state index is 0.364. The summed E-state index contributed by atoms with van der Waals surface area (Å²) in [6, 6.07) is 5.65. The van der Waals surface area contributed by atoms with Crippen LogP contribution in [0.25, 0.3) is 0 Å². The van der Waals surface area contributed by atoms with Crippen LogP contribution in [0.4, 0.5) is 5.69 Å². The summed E-state index contributed by atoms with van der Waals surface area (Å²) in [6.07, 6.45) is 2.42. The molecule has 84 valence electrons. The first-order chi connectivity index (χ1) is 7.17. The first-order valence-electron chi connectivity index (χ1n) is 5.70. The van der Waals surface area contributed by atoms with Gasteiger partial charge in [0.1, 0.15) is 5.75 Å². The molecular weight excluding hydrogens is 186 g/mol. The molecule has 0 saturated heterocycles. The van der Waals surface area contributed by atoms with Crippen molar-refractivity contribution in [1.82, 2.24) is 0 Å². The molecule has 0 amide bonds. The fourth-order valence-corrected chi connectivity index (χ4v) is 1.60. The molecule has 1 aromatic carbocycles. The number of benzene rings is 1. The standard InChI is InChI=1S/C13H21NO/c1-4-11(5-2)9-14-12-6-7-13(15)10(3)8-12/h6-8,11,14-15H,4-5,9H2,1-3H3. The van der Waals surface area contributed by atoms with Crippen LogP contribution >= 0.6 is 0 Å². The Labute approximate surface area is 92.3 Å². The number of phenols is 1. The summed E-state index contributed by atoms with van der Waals surface area (Å²) in [5.74, 6) is 1.10. The maximum atomic E-state index is 9.39. The molecule has 0 fully saturated rings. The molecule has 0 spiro atoms. The van der Waals surface area contributed by atoms with Crippen LogP contribution in [0.1, 0.15) is 32.3 Å². The average molecular weight is 207 g/mol. The molecule has 0 bridgehead atoms. The van der Waals surface area contributed by atoms with Gasteiger partial charge in [-0.15, -0.1) is 0 Å². The van der Waals surface area contributed by atoms with E-state index in [1.807, 2.05) is 19.1 Å². The van der Waals surface area contributed by atoms with E-state index in [0.717, 1.165) is 23.7 Å². The number of rotatable bonds is 5. The van der Waals surface area contributed by atoms with E-state index in [0.29, 0.717) is 5.75 Å². The second kappa shape index (κ2) is 5.64. The maximum absolute atomic E-state index is 9.39. The zero-order valence-corrected chi connectivity index (χ0v) is 9.88. The minimum atomic E-state index is 0.364. The van der Waals surface area contributed by atoms with E-state index in [2.05, 4.69) is 19.2 Å². The summed E-state index contributed by atoms with van der Waals surface area (Å²) >= 11 is 0. The summed E-state index contributed by atoms with van der Waals surface area (Å²) in [5, 5.41) is 12.8. The van der Waals surface area contributed by atoms with Crippen molar-refractivity contribution in [3.8, 4) is 5.75 Å². The monoisotopic (exact) mass is 207 g/mol. The quantitative estimate of drug-likeness (QED) is 0.724. The van der Waals surface area contributed by atoms with Gasteiger partial charge in [0.2, 0.25) is 0 Å². The Morgan fingerprint density at radius 3 is 2.47 bits per heavy atom. The van der Waals surface area contributed by atoms with Crippen LogP contribution in [-0.4, -0.2) is 11.7 Å². The van der Waals surface area contributed by atoms with Gasteiger partial charge in [-0.1, -0.05) is 26.7 Å². The third-order valence-electron chi connectivity index (χ3n) is 2.95. The molecule has 0 aromatic heterocycles. The van der Waals surface area contributed by atoms with Crippen molar-refractivity contribution in [3.05, 3.63) is 23.8 Å². The molecule has 0 unspecified atom stereocenters. The lowest BCUT2D eigenvalue weighted by atomic mass is 10.0. The lowest BCUT2D eigenvalue weighted by molar-refractivity contribution is 0.471. The van der Waals surface area contributed by atoms with E-state index in [1.54, 1.807) is 6.07 Å². The molecule has 2 nitrogen and oxygen atoms in total. The molecule has 1 aromatic rings. The molecule has 0 aliphatic carbocycles. The highest BCUT2D eigenvalue weighted by atomic mass is 16.3. The Bertz CT molecular complexity index is 305. The molecule has 15 heavy (non-hydrogen) atoms. The van der Waals surface area contributed by atoms with Crippen LogP contribution in [0.5, 0.6) is 5.75 Å². The number of aryl methyl sites for hydroxylation is 1. The van der Waals surface area contributed by atoms with E-state index in [1.165, 1.54) is 12.8 Å².